The van der Waals surface area contributed by atoms with Crippen LogP contribution in [0.3, 0.4) is 0 Å². The number of halogens is 1. The number of carboxylic acid groups (broad SMARTS) is 1. The molecule has 2 unspecified atom stereocenters. The van der Waals surface area contributed by atoms with Crippen molar-refractivity contribution in [2.45, 2.75) is 63.2 Å². The van der Waals surface area contributed by atoms with Crippen molar-refractivity contribution in [3.63, 3.8) is 0 Å². The highest BCUT2D eigenvalue weighted by atomic mass is 35.5. The largest absolute Gasteiger partial charge is 0.481 e. The summed E-state index contributed by atoms with van der Waals surface area (Å²) in [5.41, 5.74) is -0.857. The van der Waals surface area contributed by atoms with Gasteiger partial charge in [0, 0.05) is 19.7 Å². The van der Waals surface area contributed by atoms with E-state index in [9.17, 15) is 24.6 Å². The number of nitrogens with zero attached hydrogens (tertiary/aromatic N) is 2. The maximum atomic E-state index is 14.4. The number of aliphatic carboxylic acids is 1. The van der Waals surface area contributed by atoms with Gasteiger partial charge in [0.05, 0.1) is 22.2 Å². The molecule has 0 radical (unpaired) electrons. The number of likely N-dealkylation sites (tertiary alicyclic amines) is 1. The lowest BCUT2D eigenvalue weighted by atomic mass is 9.65. The van der Waals surface area contributed by atoms with E-state index < -0.39 is 35.0 Å². The number of aliphatic hydroxyl groups excluding tert-OH is 1. The lowest BCUT2D eigenvalue weighted by Crippen LogP contribution is -2.56. The van der Waals surface area contributed by atoms with Gasteiger partial charge in [-0.3, -0.25) is 14.4 Å². The number of benzene rings is 1. The summed E-state index contributed by atoms with van der Waals surface area (Å²) < 4.78 is 6.56. The van der Waals surface area contributed by atoms with Gasteiger partial charge in [-0.2, -0.15) is 0 Å². The maximum absolute atomic E-state index is 14.4. The van der Waals surface area contributed by atoms with Crippen LogP contribution in [-0.4, -0.2) is 69.8 Å². The standard InChI is InChI=1S/C26H33ClN2O6/c1-4-13-28(20-16(3)9-8-10-17(20)27)23(32)21-26-12-11-25(5-2,35-26)19(24(33)34)18(26)22(31)29(21)14-6-7-15-30/h4,8-10,18-19,21,30H,1,5-7,11-15H2,2-3H3,(H,33,34)/t18-,19-,21?,25+,26?/m0/s1. The smallest absolute Gasteiger partial charge is 0.310 e. The molecule has 2 N–H and O–H groups in total. The predicted octanol–water partition coefficient (Wildman–Crippen LogP) is 3.18. The summed E-state index contributed by atoms with van der Waals surface area (Å²) in [5, 5.41) is 19.8. The minimum atomic E-state index is -1.22. The third-order valence-electron chi connectivity index (χ3n) is 8.02. The fourth-order valence-corrected chi connectivity index (χ4v) is 6.86. The minimum Gasteiger partial charge on any atom is -0.481 e. The number of carbonyl (C=O) groups excluding carboxylic acids is 2. The molecule has 2 bridgehead atoms. The Bertz CT molecular complexity index is 1030. The molecular formula is C26H33ClN2O6. The van der Waals surface area contributed by atoms with Crippen molar-refractivity contribution in [2.75, 3.05) is 24.6 Å². The van der Waals surface area contributed by atoms with Gasteiger partial charge < -0.3 is 24.7 Å². The quantitative estimate of drug-likeness (QED) is 0.374. The summed E-state index contributed by atoms with van der Waals surface area (Å²) in [6.07, 6.45) is 3.90. The molecule has 190 valence electrons. The number of hydrogen-bond donors (Lipinski definition) is 2. The number of fused-ring (bicyclic) bond motifs is 1. The molecule has 3 fully saturated rings. The van der Waals surface area contributed by atoms with Crippen LogP contribution in [0.25, 0.3) is 0 Å². The fraction of sp³-hybridized carbons (Fsp3) is 0.577. The number of aryl methyl sites for hydroxylation is 1. The van der Waals surface area contributed by atoms with Crippen molar-refractivity contribution < 1.29 is 29.3 Å². The average Bonchev–Trinajstić information content (AvgIpc) is 3.42. The third-order valence-corrected chi connectivity index (χ3v) is 8.33. The number of rotatable bonds is 10. The van der Waals surface area contributed by atoms with Crippen LogP contribution in [0.4, 0.5) is 5.69 Å². The molecule has 0 aliphatic carbocycles. The van der Waals surface area contributed by atoms with Crippen LogP contribution < -0.4 is 4.90 Å². The number of hydrogen-bond acceptors (Lipinski definition) is 5. The molecular weight excluding hydrogens is 472 g/mol. The molecule has 2 amide bonds. The molecule has 35 heavy (non-hydrogen) atoms. The second-order valence-corrected chi connectivity index (χ2v) is 10.2. The maximum Gasteiger partial charge on any atom is 0.310 e. The van der Waals surface area contributed by atoms with Crippen molar-refractivity contribution in [1.29, 1.82) is 0 Å². The van der Waals surface area contributed by atoms with E-state index in [0.717, 1.165) is 5.56 Å². The number of carbonyl (C=O) groups is 3. The lowest BCUT2D eigenvalue weighted by Gasteiger charge is -2.37. The molecule has 1 aromatic rings. The Morgan fingerprint density at radius 2 is 2.09 bits per heavy atom. The van der Waals surface area contributed by atoms with Crippen molar-refractivity contribution in [1.82, 2.24) is 4.90 Å². The summed E-state index contributed by atoms with van der Waals surface area (Å²) in [4.78, 5) is 43.6. The molecule has 3 aliphatic heterocycles. The molecule has 9 heteroatoms. The van der Waals surface area contributed by atoms with Gasteiger partial charge >= 0.3 is 5.97 Å². The molecule has 3 heterocycles. The SMILES string of the molecule is C=CCN(C(=O)C1N(CCCCO)C(=O)[C@@H]2[C@@H](C(=O)O)[C@@]3(CC)CCC12O3)c1c(C)cccc1Cl. The first kappa shape index (κ1) is 25.7. The normalized spacial score (nSPS) is 31.0. The van der Waals surface area contributed by atoms with E-state index >= 15 is 0 Å². The van der Waals surface area contributed by atoms with Gasteiger partial charge in [0.15, 0.2) is 0 Å². The van der Waals surface area contributed by atoms with E-state index in [2.05, 4.69) is 6.58 Å². The Hall–Kier alpha value is -2.42. The highest BCUT2D eigenvalue weighted by Gasteiger charge is 2.79. The van der Waals surface area contributed by atoms with E-state index in [4.69, 9.17) is 16.3 Å². The number of amides is 2. The van der Waals surface area contributed by atoms with Crippen LogP contribution >= 0.6 is 11.6 Å². The van der Waals surface area contributed by atoms with Gasteiger partial charge in [0.2, 0.25) is 5.91 Å². The highest BCUT2D eigenvalue weighted by molar-refractivity contribution is 6.34. The zero-order valence-electron chi connectivity index (χ0n) is 20.2. The van der Waals surface area contributed by atoms with Crippen LogP contribution in [0.2, 0.25) is 5.02 Å². The third kappa shape index (κ3) is 3.77. The van der Waals surface area contributed by atoms with Crippen molar-refractivity contribution in [2.24, 2.45) is 11.8 Å². The molecule has 8 nitrogen and oxygen atoms in total. The van der Waals surface area contributed by atoms with Crippen LogP contribution in [-0.2, 0) is 19.1 Å². The molecule has 0 aromatic heterocycles. The summed E-state index contributed by atoms with van der Waals surface area (Å²) in [7, 11) is 0. The Morgan fingerprint density at radius 3 is 2.69 bits per heavy atom. The monoisotopic (exact) mass is 504 g/mol. The van der Waals surface area contributed by atoms with Gasteiger partial charge in [-0.1, -0.05) is 36.7 Å². The Labute approximate surface area is 210 Å². The zero-order chi connectivity index (χ0) is 25.5. The fourth-order valence-electron chi connectivity index (χ4n) is 6.54. The summed E-state index contributed by atoms with van der Waals surface area (Å²) in [5.74, 6) is -3.74. The van der Waals surface area contributed by atoms with Gasteiger partial charge in [-0.05, 0) is 50.7 Å². The summed E-state index contributed by atoms with van der Waals surface area (Å²) in [6.45, 7) is 7.89. The molecule has 5 atom stereocenters. The number of ether oxygens (including phenoxy) is 1. The average molecular weight is 505 g/mol. The van der Waals surface area contributed by atoms with Crippen LogP contribution in [0.15, 0.2) is 30.9 Å². The number of aliphatic hydroxyl groups is 1. The second kappa shape index (κ2) is 9.56. The zero-order valence-corrected chi connectivity index (χ0v) is 21.0. The number of anilines is 1. The predicted molar refractivity (Wildman–Crippen MR) is 131 cm³/mol. The van der Waals surface area contributed by atoms with Crippen LogP contribution in [0.5, 0.6) is 0 Å². The highest BCUT2D eigenvalue weighted by Crippen LogP contribution is 2.64. The second-order valence-electron chi connectivity index (χ2n) is 9.78. The van der Waals surface area contributed by atoms with Gasteiger partial charge in [0.1, 0.15) is 17.6 Å². The lowest BCUT2D eigenvalue weighted by molar-refractivity contribution is -0.155. The first-order valence-electron chi connectivity index (χ1n) is 12.2. The van der Waals surface area contributed by atoms with Gasteiger partial charge in [-0.25, -0.2) is 0 Å². The molecule has 3 saturated heterocycles. The Kier molecular flexibility index (Phi) is 7.01. The van der Waals surface area contributed by atoms with E-state index in [-0.39, 0.29) is 31.5 Å². The van der Waals surface area contributed by atoms with Crippen molar-refractivity contribution in [3.05, 3.63) is 41.4 Å². The number of unbranched alkanes of at least 4 members (excludes halogenated alkanes) is 1. The van der Waals surface area contributed by atoms with Crippen molar-refractivity contribution in [3.8, 4) is 0 Å². The molecule has 0 saturated carbocycles. The Morgan fingerprint density at radius 1 is 1.34 bits per heavy atom. The summed E-state index contributed by atoms with van der Waals surface area (Å²) in [6, 6.07) is 4.37. The first-order chi connectivity index (χ1) is 16.7. The van der Waals surface area contributed by atoms with Crippen molar-refractivity contribution >= 4 is 35.1 Å². The number of carboxylic acids is 1. The molecule has 4 rings (SSSR count). The van der Waals surface area contributed by atoms with Gasteiger partial charge in [-0.15, -0.1) is 6.58 Å². The van der Waals surface area contributed by atoms with E-state index in [0.29, 0.717) is 42.8 Å². The van der Waals surface area contributed by atoms with Gasteiger partial charge in [0.25, 0.3) is 5.91 Å². The molecule has 1 aromatic carbocycles. The minimum absolute atomic E-state index is 0.0379. The van der Waals surface area contributed by atoms with E-state index in [1.165, 1.54) is 9.80 Å². The first-order valence-corrected chi connectivity index (χ1v) is 12.6. The Balaban J connectivity index is 1.83. The van der Waals surface area contributed by atoms with Crippen LogP contribution in [0, 0.1) is 18.8 Å². The van der Waals surface area contributed by atoms with E-state index in [1.54, 1.807) is 18.2 Å². The van der Waals surface area contributed by atoms with E-state index in [1.807, 2.05) is 19.9 Å². The summed E-state index contributed by atoms with van der Waals surface area (Å²) >= 11 is 6.53. The number of para-hydroxylation sites is 1. The van der Waals surface area contributed by atoms with Crippen LogP contribution in [0.1, 0.15) is 44.6 Å². The molecule has 1 spiro atoms. The molecule has 3 aliphatic rings. The topological polar surface area (TPSA) is 107 Å².